The molecule has 0 unspecified atom stereocenters. The third-order valence-corrected chi connectivity index (χ3v) is 3.74. The van der Waals surface area contributed by atoms with E-state index in [-0.39, 0.29) is 10.8 Å². The van der Waals surface area contributed by atoms with Crippen molar-refractivity contribution in [2.75, 3.05) is 5.32 Å². The zero-order valence-corrected chi connectivity index (χ0v) is 11.8. The van der Waals surface area contributed by atoms with Crippen molar-refractivity contribution >= 4 is 39.9 Å². The van der Waals surface area contributed by atoms with Crippen LogP contribution in [0.3, 0.4) is 0 Å². The smallest absolute Gasteiger partial charge is 0.142 e. The van der Waals surface area contributed by atoms with Gasteiger partial charge in [0, 0.05) is 15.8 Å². The summed E-state index contributed by atoms with van der Waals surface area (Å²) >= 11 is 8.13. The summed E-state index contributed by atoms with van der Waals surface area (Å²) < 4.78 is 14.3. The van der Waals surface area contributed by atoms with Crippen LogP contribution in [0, 0.1) is 9.39 Å². The standard InChI is InChI=1S/C13H10ClFIN/c14-13-9(4-3-5-10(13)15)8-17-12-7-2-1-6-11(12)16/h1-7,17H,8H2. The van der Waals surface area contributed by atoms with Gasteiger partial charge in [0.25, 0.3) is 0 Å². The number of anilines is 1. The molecule has 17 heavy (non-hydrogen) atoms. The number of hydrogen-bond acceptors (Lipinski definition) is 1. The van der Waals surface area contributed by atoms with Crippen LogP contribution in [0.1, 0.15) is 5.56 Å². The SMILES string of the molecule is Fc1cccc(CNc2ccccc2I)c1Cl. The summed E-state index contributed by atoms with van der Waals surface area (Å²) in [5.41, 5.74) is 1.78. The highest BCUT2D eigenvalue weighted by molar-refractivity contribution is 14.1. The van der Waals surface area contributed by atoms with E-state index in [0.717, 1.165) is 14.8 Å². The fourth-order valence-corrected chi connectivity index (χ4v) is 2.25. The summed E-state index contributed by atoms with van der Waals surface area (Å²) in [7, 11) is 0. The Kier molecular flexibility index (Phi) is 4.23. The molecule has 1 nitrogen and oxygen atoms in total. The predicted molar refractivity (Wildman–Crippen MR) is 77.9 cm³/mol. The van der Waals surface area contributed by atoms with Crippen molar-refractivity contribution < 1.29 is 4.39 Å². The summed E-state index contributed by atoms with van der Waals surface area (Å²) in [6, 6.07) is 12.8. The van der Waals surface area contributed by atoms with Gasteiger partial charge in [0.05, 0.1) is 5.02 Å². The van der Waals surface area contributed by atoms with Gasteiger partial charge in [0.15, 0.2) is 0 Å². The molecule has 0 saturated heterocycles. The number of benzene rings is 2. The molecular weight excluding hydrogens is 352 g/mol. The third kappa shape index (κ3) is 3.10. The molecule has 0 heterocycles. The highest BCUT2D eigenvalue weighted by atomic mass is 127. The van der Waals surface area contributed by atoms with Crippen molar-refractivity contribution in [3.05, 3.63) is 62.4 Å². The first kappa shape index (κ1) is 12.6. The first-order valence-corrected chi connectivity index (χ1v) is 6.55. The fraction of sp³-hybridized carbons (Fsp3) is 0.0769. The molecule has 0 saturated carbocycles. The molecule has 0 atom stereocenters. The van der Waals surface area contributed by atoms with E-state index in [4.69, 9.17) is 11.6 Å². The Bertz CT molecular complexity index is 531. The van der Waals surface area contributed by atoms with E-state index in [1.807, 2.05) is 30.3 Å². The van der Waals surface area contributed by atoms with Gasteiger partial charge in [0.2, 0.25) is 0 Å². The van der Waals surface area contributed by atoms with Gasteiger partial charge in [-0.25, -0.2) is 4.39 Å². The van der Waals surface area contributed by atoms with E-state index in [9.17, 15) is 4.39 Å². The average Bonchev–Trinajstić information content (AvgIpc) is 2.33. The lowest BCUT2D eigenvalue weighted by atomic mass is 10.2. The highest BCUT2D eigenvalue weighted by Gasteiger charge is 2.05. The topological polar surface area (TPSA) is 12.0 Å². The van der Waals surface area contributed by atoms with Crippen LogP contribution in [0.25, 0.3) is 0 Å². The van der Waals surface area contributed by atoms with Crippen LogP contribution in [-0.4, -0.2) is 0 Å². The molecule has 0 aliphatic carbocycles. The van der Waals surface area contributed by atoms with Gasteiger partial charge in [-0.2, -0.15) is 0 Å². The van der Waals surface area contributed by atoms with Crippen LogP contribution in [-0.2, 0) is 6.54 Å². The van der Waals surface area contributed by atoms with Crippen LogP contribution in [0.5, 0.6) is 0 Å². The molecule has 2 aromatic carbocycles. The Morgan fingerprint density at radius 2 is 1.88 bits per heavy atom. The van der Waals surface area contributed by atoms with E-state index >= 15 is 0 Å². The molecule has 0 radical (unpaired) electrons. The molecule has 2 aromatic rings. The maximum absolute atomic E-state index is 13.2. The van der Waals surface area contributed by atoms with Gasteiger partial charge in [-0.1, -0.05) is 35.9 Å². The lowest BCUT2D eigenvalue weighted by Crippen LogP contribution is -2.02. The van der Waals surface area contributed by atoms with Crippen molar-refractivity contribution in [2.45, 2.75) is 6.54 Å². The minimum absolute atomic E-state index is 0.186. The molecule has 0 aromatic heterocycles. The largest absolute Gasteiger partial charge is 0.380 e. The highest BCUT2D eigenvalue weighted by Crippen LogP contribution is 2.22. The molecule has 0 bridgehead atoms. The molecule has 0 spiro atoms. The third-order valence-electron chi connectivity index (χ3n) is 2.37. The zero-order chi connectivity index (χ0) is 12.3. The normalized spacial score (nSPS) is 10.3. The van der Waals surface area contributed by atoms with Crippen LogP contribution in [0.4, 0.5) is 10.1 Å². The molecular formula is C13H10ClFIN. The number of halogens is 3. The molecule has 0 fully saturated rings. The fourth-order valence-electron chi connectivity index (χ4n) is 1.48. The maximum atomic E-state index is 13.2. The van der Waals surface area contributed by atoms with Crippen LogP contribution >= 0.6 is 34.2 Å². The van der Waals surface area contributed by atoms with E-state index in [1.165, 1.54) is 6.07 Å². The van der Waals surface area contributed by atoms with Gasteiger partial charge in [-0.15, -0.1) is 0 Å². The van der Waals surface area contributed by atoms with Crippen LogP contribution < -0.4 is 5.32 Å². The molecule has 88 valence electrons. The van der Waals surface area contributed by atoms with Gasteiger partial charge in [-0.05, 0) is 46.4 Å². The number of para-hydroxylation sites is 1. The molecule has 1 N–H and O–H groups in total. The van der Waals surface area contributed by atoms with Crippen molar-refractivity contribution in [1.29, 1.82) is 0 Å². The molecule has 4 heteroatoms. The summed E-state index contributed by atoms with van der Waals surface area (Å²) in [5.74, 6) is -0.381. The van der Waals surface area contributed by atoms with Gasteiger partial charge in [0.1, 0.15) is 5.82 Å². The number of rotatable bonds is 3. The van der Waals surface area contributed by atoms with Gasteiger partial charge >= 0.3 is 0 Å². The monoisotopic (exact) mass is 361 g/mol. The number of nitrogens with one attached hydrogen (secondary N) is 1. The van der Waals surface area contributed by atoms with Crippen LogP contribution in [0.15, 0.2) is 42.5 Å². The Balaban J connectivity index is 2.13. The lowest BCUT2D eigenvalue weighted by molar-refractivity contribution is 0.626. The Morgan fingerprint density at radius 1 is 1.12 bits per heavy atom. The molecule has 0 aliphatic heterocycles. The average molecular weight is 362 g/mol. The van der Waals surface area contributed by atoms with Crippen molar-refractivity contribution in [1.82, 2.24) is 0 Å². The van der Waals surface area contributed by atoms with Gasteiger partial charge < -0.3 is 5.32 Å². The maximum Gasteiger partial charge on any atom is 0.142 e. The summed E-state index contributed by atoms with van der Waals surface area (Å²) in [6.07, 6.45) is 0. The Hall–Kier alpha value is -0.810. The second-order valence-corrected chi connectivity index (χ2v) is 5.09. The minimum Gasteiger partial charge on any atom is -0.380 e. The van der Waals surface area contributed by atoms with Crippen molar-refractivity contribution in [3.63, 3.8) is 0 Å². The van der Waals surface area contributed by atoms with E-state index in [0.29, 0.717) is 6.54 Å². The van der Waals surface area contributed by atoms with E-state index < -0.39 is 0 Å². The second kappa shape index (κ2) is 5.69. The number of hydrogen-bond donors (Lipinski definition) is 1. The lowest BCUT2D eigenvalue weighted by Gasteiger charge is -2.09. The zero-order valence-electron chi connectivity index (χ0n) is 8.88. The Labute approximate surface area is 118 Å². The van der Waals surface area contributed by atoms with Crippen LogP contribution in [0.2, 0.25) is 5.02 Å². The minimum atomic E-state index is -0.381. The Morgan fingerprint density at radius 3 is 2.65 bits per heavy atom. The summed E-state index contributed by atoms with van der Waals surface area (Å²) in [4.78, 5) is 0. The predicted octanol–water partition coefficient (Wildman–Crippen LogP) is 4.70. The summed E-state index contributed by atoms with van der Waals surface area (Å²) in [5, 5.41) is 3.42. The quantitative estimate of drug-likeness (QED) is 0.782. The van der Waals surface area contributed by atoms with Crippen molar-refractivity contribution in [3.8, 4) is 0 Å². The first-order valence-electron chi connectivity index (χ1n) is 5.10. The molecule has 2 rings (SSSR count). The van der Waals surface area contributed by atoms with E-state index in [2.05, 4.69) is 27.9 Å². The van der Waals surface area contributed by atoms with Crippen molar-refractivity contribution in [2.24, 2.45) is 0 Å². The molecule has 0 aliphatic rings. The van der Waals surface area contributed by atoms with E-state index in [1.54, 1.807) is 6.07 Å². The molecule has 0 amide bonds. The second-order valence-electron chi connectivity index (χ2n) is 3.55. The van der Waals surface area contributed by atoms with Gasteiger partial charge in [-0.3, -0.25) is 0 Å². The first-order chi connectivity index (χ1) is 8.18. The summed E-state index contributed by atoms with van der Waals surface area (Å²) in [6.45, 7) is 0.511.